The van der Waals surface area contributed by atoms with Crippen molar-refractivity contribution in [1.82, 2.24) is 10.3 Å². The summed E-state index contributed by atoms with van der Waals surface area (Å²) in [7, 11) is 0. The number of rotatable bonds is 4. The highest BCUT2D eigenvalue weighted by atomic mass is 14.9. The van der Waals surface area contributed by atoms with Crippen LogP contribution in [-0.2, 0) is 6.54 Å². The van der Waals surface area contributed by atoms with Crippen LogP contribution in [0, 0.1) is 11.8 Å². The molecule has 0 amide bonds. The first kappa shape index (κ1) is 11.6. The summed E-state index contributed by atoms with van der Waals surface area (Å²) in [6.45, 7) is 4.44. The molecular formula is C14H22N2. The van der Waals surface area contributed by atoms with Crippen LogP contribution >= 0.6 is 0 Å². The van der Waals surface area contributed by atoms with Crippen molar-refractivity contribution in [3.8, 4) is 0 Å². The summed E-state index contributed by atoms with van der Waals surface area (Å²) in [5.41, 5.74) is 1.14. The summed E-state index contributed by atoms with van der Waals surface area (Å²) in [5.74, 6) is 1.81. The highest BCUT2D eigenvalue weighted by molar-refractivity contribution is 5.02. The smallest absolute Gasteiger partial charge is 0.0541 e. The van der Waals surface area contributed by atoms with E-state index in [1.54, 1.807) is 0 Å². The Morgan fingerprint density at radius 1 is 1.38 bits per heavy atom. The maximum Gasteiger partial charge on any atom is 0.0541 e. The third-order valence-corrected chi connectivity index (χ3v) is 3.51. The lowest BCUT2D eigenvalue weighted by Crippen LogP contribution is -2.26. The lowest BCUT2D eigenvalue weighted by Gasteiger charge is -2.26. The van der Waals surface area contributed by atoms with Crippen molar-refractivity contribution in [2.24, 2.45) is 11.8 Å². The summed E-state index contributed by atoms with van der Waals surface area (Å²) in [4.78, 5) is 4.31. The van der Waals surface area contributed by atoms with Crippen LogP contribution in [-0.4, -0.2) is 11.5 Å². The Bertz CT molecular complexity index is 297. The molecule has 0 saturated heterocycles. The number of hydrogen-bond acceptors (Lipinski definition) is 2. The van der Waals surface area contributed by atoms with Crippen LogP contribution < -0.4 is 5.32 Å². The van der Waals surface area contributed by atoms with Gasteiger partial charge in [0.2, 0.25) is 0 Å². The molecule has 1 saturated carbocycles. The molecule has 0 aromatic carbocycles. The van der Waals surface area contributed by atoms with Crippen molar-refractivity contribution < 1.29 is 0 Å². The molecule has 0 spiro atoms. The van der Waals surface area contributed by atoms with Gasteiger partial charge in [0.25, 0.3) is 0 Å². The molecule has 1 heterocycles. The monoisotopic (exact) mass is 218 g/mol. The van der Waals surface area contributed by atoms with Gasteiger partial charge in [0, 0.05) is 12.7 Å². The van der Waals surface area contributed by atoms with Crippen molar-refractivity contribution in [3.05, 3.63) is 30.1 Å². The summed E-state index contributed by atoms with van der Waals surface area (Å²) in [6.07, 6.45) is 7.50. The van der Waals surface area contributed by atoms with E-state index in [-0.39, 0.29) is 0 Å². The standard InChI is InChI=1S/C14H22N2/c1-12-5-4-6-13(9-12)10-15-11-14-7-2-3-8-16-14/h2-3,7-8,12-13,15H,4-6,9-11H2,1H3. The van der Waals surface area contributed by atoms with Gasteiger partial charge >= 0.3 is 0 Å². The molecule has 1 aromatic rings. The largest absolute Gasteiger partial charge is 0.311 e. The molecule has 2 unspecified atom stereocenters. The fourth-order valence-corrected chi connectivity index (χ4v) is 2.65. The molecule has 1 N–H and O–H groups in total. The molecule has 2 nitrogen and oxygen atoms in total. The van der Waals surface area contributed by atoms with Gasteiger partial charge in [-0.05, 0) is 43.4 Å². The van der Waals surface area contributed by atoms with Gasteiger partial charge in [0.15, 0.2) is 0 Å². The first-order valence-electron chi connectivity index (χ1n) is 6.45. The zero-order valence-electron chi connectivity index (χ0n) is 10.2. The van der Waals surface area contributed by atoms with Crippen molar-refractivity contribution in [2.75, 3.05) is 6.54 Å². The Kier molecular flexibility index (Phi) is 4.34. The average molecular weight is 218 g/mol. The van der Waals surface area contributed by atoms with Gasteiger partial charge in [0.05, 0.1) is 5.69 Å². The minimum absolute atomic E-state index is 0.882. The van der Waals surface area contributed by atoms with Gasteiger partial charge in [-0.2, -0.15) is 0 Å². The maximum atomic E-state index is 4.31. The van der Waals surface area contributed by atoms with Gasteiger partial charge in [-0.15, -0.1) is 0 Å². The van der Waals surface area contributed by atoms with E-state index in [9.17, 15) is 0 Å². The topological polar surface area (TPSA) is 24.9 Å². The number of nitrogens with one attached hydrogen (secondary N) is 1. The van der Waals surface area contributed by atoms with Gasteiger partial charge in [0.1, 0.15) is 0 Å². The van der Waals surface area contributed by atoms with Gasteiger partial charge in [-0.3, -0.25) is 4.98 Å². The summed E-state index contributed by atoms with van der Waals surface area (Å²) >= 11 is 0. The molecule has 0 bridgehead atoms. The fourth-order valence-electron chi connectivity index (χ4n) is 2.65. The van der Waals surface area contributed by atoms with E-state index in [4.69, 9.17) is 0 Å². The second kappa shape index (κ2) is 6.00. The quantitative estimate of drug-likeness (QED) is 0.840. The number of nitrogens with zero attached hydrogens (tertiary/aromatic N) is 1. The Hall–Kier alpha value is -0.890. The molecule has 88 valence electrons. The van der Waals surface area contributed by atoms with Gasteiger partial charge in [-0.1, -0.05) is 25.8 Å². The highest BCUT2D eigenvalue weighted by Crippen LogP contribution is 2.27. The fraction of sp³-hybridized carbons (Fsp3) is 0.643. The normalized spacial score (nSPS) is 25.6. The van der Waals surface area contributed by atoms with Crippen LogP contribution in [0.3, 0.4) is 0 Å². The Morgan fingerprint density at radius 3 is 3.06 bits per heavy atom. The number of pyridine rings is 1. The van der Waals surface area contributed by atoms with Crippen LogP contribution in [0.5, 0.6) is 0 Å². The first-order chi connectivity index (χ1) is 7.84. The SMILES string of the molecule is CC1CCCC(CNCc2ccccn2)C1. The van der Waals surface area contributed by atoms with E-state index in [1.165, 1.54) is 25.7 Å². The highest BCUT2D eigenvalue weighted by Gasteiger charge is 2.18. The molecule has 1 aromatic heterocycles. The molecule has 2 rings (SSSR count). The molecule has 1 fully saturated rings. The van der Waals surface area contributed by atoms with Crippen LogP contribution in [0.15, 0.2) is 24.4 Å². The molecule has 0 radical (unpaired) electrons. The zero-order valence-corrected chi connectivity index (χ0v) is 10.2. The first-order valence-corrected chi connectivity index (χ1v) is 6.45. The average Bonchev–Trinajstić information content (AvgIpc) is 2.30. The van der Waals surface area contributed by atoms with E-state index >= 15 is 0 Å². The van der Waals surface area contributed by atoms with E-state index in [1.807, 2.05) is 18.3 Å². The predicted octanol–water partition coefficient (Wildman–Crippen LogP) is 3.00. The number of hydrogen-bond donors (Lipinski definition) is 1. The van der Waals surface area contributed by atoms with Crippen LogP contribution in [0.2, 0.25) is 0 Å². The number of aromatic nitrogens is 1. The van der Waals surface area contributed by atoms with Crippen molar-refractivity contribution >= 4 is 0 Å². The third-order valence-electron chi connectivity index (χ3n) is 3.51. The van der Waals surface area contributed by atoms with Gasteiger partial charge < -0.3 is 5.32 Å². The van der Waals surface area contributed by atoms with E-state index in [0.29, 0.717) is 0 Å². The van der Waals surface area contributed by atoms with E-state index < -0.39 is 0 Å². The lowest BCUT2D eigenvalue weighted by atomic mass is 9.82. The summed E-state index contributed by atoms with van der Waals surface area (Å²) < 4.78 is 0. The lowest BCUT2D eigenvalue weighted by molar-refractivity contribution is 0.274. The summed E-state index contributed by atoms with van der Waals surface area (Å²) in [5, 5.41) is 3.53. The molecule has 2 heteroatoms. The van der Waals surface area contributed by atoms with E-state index in [2.05, 4.69) is 23.3 Å². The Balaban J connectivity index is 1.68. The summed E-state index contributed by atoms with van der Waals surface area (Å²) in [6, 6.07) is 6.09. The molecule has 1 aliphatic carbocycles. The van der Waals surface area contributed by atoms with Crippen LogP contribution in [0.1, 0.15) is 38.3 Å². The molecule has 16 heavy (non-hydrogen) atoms. The van der Waals surface area contributed by atoms with Crippen molar-refractivity contribution in [1.29, 1.82) is 0 Å². The second-order valence-corrected chi connectivity index (χ2v) is 5.09. The van der Waals surface area contributed by atoms with Crippen LogP contribution in [0.25, 0.3) is 0 Å². The molecule has 1 aliphatic rings. The van der Waals surface area contributed by atoms with Crippen molar-refractivity contribution in [2.45, 2.75) is 39.2 Å². The Morgan fingerprint density at radius 2 is 2.31 bits per heavy atom. The van der Waals surface area contributed by atoms with Crippen LogP contribution in [0.4, 0.5) is 0 Å². The Labute approximate surface area is 98.5 Å². The molecule has 0 aliphatic heterocycles. The maximum absolute atomic E-state index is 4.31. The minimum Gasteiger partial charge on any atom is -0.311 e. The van der Waals surface area contributed by atoms with Gasteiger partial charge in [-0.25, -0.2) is 0 Å². The second-order valence-electron chi connectivity index (χ2n) is 5.09. The minimum atomic E-state index is 0.882. The predicted molar refractivity (Wildman–Crippen MR) is 67.1 cm³/mol. The van der Waals surface area contributed by atoms with E-state index in [0.717, 1.165) is 30.6 Å². The third kappa shape index (κ3) is 3.60. The molecule has 2 atom stereocenters. The molecular weight excluding hydrogens is 196 g/mol. The van der Waals surface area contributed by atoms with Crippen molar-refractivity contribution in [3.63, 3.8) is 0 Å². The zero-order chi connectivity index (χ0) is 11.2.